The Labute approximate surface area is 84.0 Å². The van der Waals surface area contributed by atoms with E-state index in [2.05, 4.69) is 42.3 Å². The van der Waals surface area contributed by atoms with E-state index < -0.39 is 0 Å². The molecule has 2 aromatic rings. The van der Waals surface area contributed by atoms with E-state index in [0.29, 0.717) is 6.04 Å². The van der Waals surface area contributed by atoms with Gasteiger partial charge < -0.3 is 5.32 Å². The normalized spacial score (nSPS) is 10.8. The first-order chi connectivity index (χ1) is 6.75. The zero-order valence-corrected chi connectivity index (χ0v) is 8.49. The molecule has 72 valence electrons. The number of nitrogens with one attached hydrogen (secondary N) is 1. The predicted octanol–water partition coefficient (Wildman–Crippen LogP) is 3.06. The number of pyridine rings is 1. The summed E-state index contributed by atoms with van der Waals surface area (Å²) in [7, 11) is 0. The Balaban J connectivity index is 2.41. The number of fused-ring (bicyclic) bond motifs is 1. The van der Waals surface area contributed by atoms with Gasteiger partial charge in [-0.3, -0.25) is 4.98 Å². The molecular formula is C12H14N2. The van der Waals surface area contributed by atoms with Crippen molar-refractivity contribution < 1.29 is 0 Å². The summed E-state index contributed by atoms with van der Waals surface area (Å²) in [6.07, 6.45) is 3.71. The molecule has 0 aliphatic carbocycles. The third-order valence-corrected chi connectivity index (χ3v) is 2.10. The summed E-state index contributed by atoms with van der Waals surface area (Å²) in [4.78, 5) is 4.11. The van der Waals surface area contributed by atoms with E-state index >= 15 is 0 Å². The smallest absolute Gasteiger partial charge is 0.0349 e. The van der Waals surface area contributed by atoms with Gasteiger partial charge in [0, 0.05) is 29.5 Å². The number of benzene rings is 1. The maximum Gasteiger partial charge on any atom is 0.0349 e. The quantitative estimate of drug-likeness (QED) is 0.779. The molecular weight excluding hydrogens is 172 g/mol. The third kappa shape index (κ3) is 1.84. The number of rotatable bonds is 2. The van der Waals surface area contributed by atoms with Crippen molar-refractivity contribution in [2.45, 2.75) is 19.9 Å². The minimum absolute atomic E-state index is 0.462. The summed E-state index contributed by atoms with van der Waals surface area (Å²) in [6, 6.07) is 8.82. The van der Waals surface area contributed by atoms with Gasteiger partial charge in [-0.25, -0.2) is 0 Å². The molecule has 2 nitrogen and oxygen atoms in total. The number of nitrogens with zero attached hydrogens (tertiary/aromatic N) is 1. The lowest BCUT2D eigenvalue weighted by atomic mass is 10.1. The topological polar surface area (TPSA) is 24.9 Å². The van der Waals surface area contributed by atoms with Gasteiger partial charge in [0.2, 0.25) is 0 Å². The van der Waals surface area contributed by atoms with Gasteiger partial charge in [0.15, 0.2) is 0 Å². The Morgan fingerprint density at radius 3 is 2.79 bits per heavy atom. The summed E-state index contributed by atoms with van der Waals surface area (Å²) in [5, 5.41) is 5.78. The lowest BCUT2D eigenvalue weighted by Crippen LogP contribution is -2.09. The molecule has 1 N–H and O–H groups in total. The highest BCUT2D eigenvalue weighted by Gasteiger charge is 1.97. The van der Waals surface area contributed by atoms with Gasteiger partial charge in [-0.05, 0) is 37.4 Å². The van der Waals surface area contributed by atoms with Crippen LogP contribution in [0.2, 0.25) is 0 Å². The molecule has 0 spiro atoms. The summed E-state index contributed by atoms with van der Waals surface area (Å²) >= 11 is 0. The zero-order valence-electron chi connectivity index (χ0n) is 8.49. The van der Waals surface area contributed by atoms with E-state index in [1.165, 1.54) is 10.8 Å². The molecule has 0 amide bonds. The Morgan fingerprint density at radius 2 is 2.00 bits per heavy atom. The lowest BCUT2D eigenvalue weighted by Gasteiger charge is -2.10. The molecule has 0 aliphatic heterocycles. The minimum atomic E-state index is 0.462. The van der Waals surface area contributed by atoms with Crippen molar-refractivity contribution in [3.63, 3.8) is 0 Å². The van der Waals surface area contributed by atoms with E-state index in [4.69, 9.17) is 0 Å². The van der Waals surface area contributed by atoms with Crippen LogP contribution in [0.1, 0.15) is 13.8 Å². The van der Waals surface area contributed by atoms with Crippen molar-refractivity contribution in [2.24, 2.45) is 0 Å². The summed E-state index contributed by atoms with van der Waals surface area (Å²) in [5.41, 5.74) is 1.15. The van der Waals surface area contributed by atoms with Gasteiger partial charge in [-0.15, -0.1) is 0 Å². The summed E-state index contributed by atoms with van der Waals surface area (Å²) < 4.78 is 0. The lowest BCUT2D eigenvalue weighted by molar-refractivity contribution is 0.900. The van der Waals surface area contributed by atoms with Crippen molar-refractivity contribution >= 4 is 16.5 Å². The SMILES string of the molecule is CC(C)Nc1ccc2ccncc2c1. The average Bonchev–Trinajstić information content (AvgIpc) is 2.17. The largest absolute Gasteiger partial charge is 0.383 e. The molecule has 2 rings (SSSR count). The standard InChI is InChI=1S/C12H14N2/c1-9(2)14-12-4-3-10-5-6-13-8-11(10)7-12/h3-9,14H,1-2H3. The first-order valence-electron chi connectivity index (χ1n) is 4.86. The van der Waals surface area contributed by atoms with Crippen LogP contribution in [0.3, 0.4) is 0 Å². The van der Waals surface area contributed by atoms with Crippen molar-refractivity contribution in [3.05, 3.63) is 36.7 Å². The van der Waals surface area contributed by atoms with Gasteiger partial charge >= 0.3 is 0 Å². The molecule has 0 unspecified atom stereocenters. The monoisotopic (exact) mass is 186 g/mol. The fraction of sp³-hybridized carbons (Fsp3) is 0.250. The molecule has 0 saturated carbocycles. The number of hydrogen-bond donors (Lipinski definition) is 1. The molecule has 2 heteroatoms. The van der Waals surface area contributed by atoms with Gasteiger partial charge in [0.1, 0.15) is 0 Å². The van der Waals surface area contributed by atoms with Gasteiger partial charge in [-0.1, -0.05) is 6.07 Å². The van der Waals surface area contributed by atoms with Crippen LogP contribution in [0.15, 0.2) is 36.7 Å². The first kappa shape index (κ1) is 9.00. The molecule has 0 atom stereocenters. The highest BCUT2D eigenvalue weighted by molar-refractivity contribution is 5.84. The second-order valence-electron chi connectivity index (χ2n) is 3.74. The molecule has 0 saturated heterocycles. The second-order valence-corrected chi connectivity index (χ2v) is 3.74. The van der Waals surface area contributed by atoms with E-state index in [0.717, 1.165) is 5.69 Å². The molecule has 1 aromatic heterocycles. The Hall–Kier alpha value is -1.57. The number of anilines is 1. The maximum absolute atomic E-state index is 4.11. The molecule has 1 aromatic carbocycles. The highest BCUT2D eigenvalue weighted by atomic mass is 14.9. The average molecular weight is 186 g/mol. The van der Waals surface area contributed by atoms with Crippen LogP contribution >= 0.6 is 0 Å². The van der Waals surface area contributed by atoms with E-state index in [-0.39, 0.29) is 0 Å². The molecule has 0 radical (unpaired) electrons. The Morgan fingerprint density at radius 1 is 1.14 bits per heavy atom. The fourth-order valence-corrected chi connectivity index (χ4v) is 1.51. The van der Waals surface area contributed by atoms with Crippen molar-refractivity contribution in [1.82, 2.24) is 4.98 Å². The van der Waals surface area contributed by atoms with Crippen LogP contribution in [0, 0.1) is 0 Å². The molecule has 0 fully saturated rings. The van der Waals surface area contributed by atoms with Crippen LogP contribution in [0.4, 0.5) is 5.69 Å². The Bertz CT molecular complexity index is 435. The molecule has 14 heavy (non-hydrogen) atoms. The second kappa shape index (κ2) is 3.66. The number of hydrogen-bond acceptors (Lipinski definition) is 2. The fourth-order valence-electron chi connectivity index (χ4n) is 1.51. The summed E-state index contributed by atoms with van der Waals surface area (Å²) in [6.45, 7) is 4.26. The Kier molecular flexibility index (Phi) is 2.35. The summed E-state index contributed by atoms with van der Waals surface area (Å²) in [5.74, 6) is 0. The third-order valence-electron chi connectivity index (χ3n) is 2.10. The van der Waals surface area contributed by atoms with Crippen LogP contribution < -0.4 is 5.32 Å². The van der Waals surface area contributed by atoms with Gasteiger partial charge in [-0.2, -0.15) is 0 Å². The van der Waals surface area contributed by atoms with Crippen LogP contribution in [0.25, 0.3) is 10.8 Å². The van der Waals surface area contributed by atoms with E-state index in [1.807, 2.05) is 18.5 Å². The molecule has 0 bridgehead atoms. The first-order valence-corrected chi connectivity index (χ1v) is 4.86. The maximum atomic E-state index is 4.11. The highest BCUT2D eigenvalue weighted by Crippen LogP contribution is 2.18. The van der Waals surface area contributed by atoms with E-state index in [1.54, 1.807) is 0 Å². The van der Waals surface area contributed by atoms with Gasteiger partial charge in [0.25, 0.3) is 0 Å². The molecule has 0 aliphatic rings. The molecule has 1 heterocycles. The van der Waals surface area contributed by atoms with Crippen LogP contribution in [-0.2, 0) is 0 Å². The van der Waals surface area contributed by atoms with Crippen molar-refractivity contribution in [1.29, 1.82) is 0 Å². The van der Waals surface area contributed by atoms with Crippen molar-refractivity contribution in [2.75, 3.05) is 5.32 Å². The predicted molar refractivity (Wildman–Crippen MR) is 60.5 cm³/mol. The van der Waals surface area contributed by atoms with E-state index in [9.17, 15) is 0 Å². The van der Waals surface area contributed by atoms with Crippen LogP contribution in [0.5, 0.6) is 0 Å². The van der Waals surface area contributed by atoms with Crippen LogP contribution in [-0.4, -0.2) is 11.0 Å². The number of aromatic nitrogens is 1. The van der Waals surface area contributed by atoms with Gasteiger partial charge in [0.05, 0.1) is 0 Å². The minimum Gasteiger partial charge on any atom is -0.383 e. The van der Waals surface area contributed by atoms with Crippen molar-refractivity contribution in [3.8, 4) is 0 Å². The zero-order chi connectivity index (χ0) is 9.97.